The summed E-state index contributed by atoms with van der Waals surface area (Å²) < 4.78 is 0. The number of carbonyl (C=O) groups is 1. The number of aliphatic imine (C=N–C) groups is 2. The van der Waals surface area contributed by atoms with Crippen LogP contribution in [0.2, 0.25) is 0 Å². The number of rotatable bonds is 1. The summed E-state index contributed by atoms with van der Waals surface area (Å²) in [7, 11) is 0. The van der Waals surface area contributed by atoms with Gasteiger partial charge in [-0.25, -0.2) is 4.79 Å². The van der Waals surface area contributed by atoms with E-state index in [1.807, 2.05) is 6.92 Å². The Balaban J connectivity index is 2.77. The molecule has 0 spiro atoms. The highest BCUT2D eigenvalue weighted by Gasteiger charge is 2.19. The number of hydrogen-bond acceptors (Lipinski definition) is 3. The zero-order valence-corrected chi connectivity index (χ0v) is 6.53. The Morgan fingerprint density at radius 3 is 2.64 bits per heavy atom. The summed E-state index contributed by atoms with van der Waals surface area (Å²) in [4.78, 5) is 18.4. The molecular weight excluding hydrogens is 144 g/mol. The molecule has 0 fully saturated rings. The normalized spacial score (nSPS) is 24.0. The predicted molar refractivity (Wildman–Crippen MR) is 42.5 cm³/mol. The van der Waals surface area contributed by atoms with E-state index in [9.17, 15) is 4.79 Å². The van der Waals surface area contributed by atoms with Crippen LogP contribution in [0.1, 0.15) is 13.8 Å². The molecule has 0 aliphatic carbocycles. The third-order valence-electron chi connectivity index (χ3n) is 1.66. The highest BCUT2D eigenvalue weighted by atomic mass is 16.4. The van der Waals surface area contributed by atoms with Crippen molar-refractivity contribution in [2.45, 2.75) is 19.9 Å². The lowest BCUT2D eigenvalue weighted by Gasteiger charge is -2.12. The van der Waals surface area contributed by atoms with Crippen molar-refractivity contribution in [3.8, 4) is 0 Å². The van der Waals surface area contributed by atoms with E-state index in [0.29, 0.717) is 0 Å². The monoisotopic (exact) mass is 154 g/mol. The van der Waals surface area contributed by atoms with Crippen LogP contribution in [-0.2, 0) is 4.79 Å². The molecule has 1 aliphatic heterocycles. The van der Waals surface area contributed by atoms with Crippen LogP contribution in [0.3, 0.4) is 0 Å². The van der Waals surface area contributed by atoms with Gasteiger partial charge in [0.15, 0.2) is 6.04 Å². The first-order valence-corrected chi connectivity index (χ1v) is 3.40. The van der Waals surface area contributed by atoms with Gasteiger partial charge in [-0.05, 0) is 13.8 Å². The lowest BCUT2D eigenvalue weighted by molar-refractivity contribution is -0.138. The third-order valence-corrected chi connectivity index (χ3v) is 1.66. The van der Waals surface area contributed by atoms with Gasteiger partial charge in [-0.3, -0.25) is 9.98 Å². The van der Waals surface area contributed by atoms with Gasteiger partial charge in [-0.15, -0.1) is 0 Å². The fourth-order valence-electron chi connectivity index (χ4n) is 0.839. The Bertz CT molecular complexity index is 243. The average Bonchev–Trinajstić information content (AvgIpc) is 1.94. The SMILES string of the molecule is CC1=NC[C@@H](C(=O)O)N=C1C. The molecule has 1 rings (SSSR count). The van der Waals surface area contributed by atoms with E-state index in [4.69, 9.17) is 5.11 Å². The van der Waals surface area contributed by atoms with Gasteiger partial charge in [0.05, 0.1) is 18.0 Å². The van der Waals surface area contributed by atoms with E-state index in [1.165, 1.54) is 0 Å². The minimum atomic E-state index is -0.902. The fraction of sp³-hybridized carbons (Fsp3) is 0.571. The summed E-state index contributed by atoms with van der Waals surface area (Å²) in [6.07, 6.45) is 0. The lowest BCUT2D eigenvalue weighted by Crippen LogP contribution is -2.28. The molecule has 4 nitrogen and oxygen atoms in total. The second-order valence-corrected chi connectivity index (χ2v) is 2.49. The Morgan fingerprint density at radius 1 is 1.55 bits per heavy atom. The molecule has 0 saturated carbocycles. The minimum absolute atomic E-state index is 0.276. The van der Waals surface area contributed by atoms with Gasteiger partial charge in [0.25, 0.3) is 0 Å². The summed E-state index contributed by atoms with van der Waals surface area (Å²) in [6.45, 7) is 3.88. The maximum absolute atomic E-state index is 10.4. The van der Waals surface area contributed by atoms with Gasteiger partial charge >= 0.3 is 5.97 Å². The van der Waals surface area contributed by atoms with E-state index in [-0.39, 0.29) is 6.54 Å². The van der Waals surface area contributed by atoms with Crippen LogP contribution < -0.4 is 0 Å². The van der Waals surface area contributed by atoms with E-state index >= 15 is 0 Å². The average molecular weight is 154 g/mol. The predicted octanol–water partition coefficient (Wildman–Crippen LogP) is 0.375. The van der Waals surface area contributed by atoms with Crippen LogP contribution in [0.25, 0.3) is 0 Å². The van der Waals surface area contributed by atoms with Crippen LogP contribution >= 0.6 is 0 Å². The molecule has 0 bridgehead atoms. The van der Waals surface area contributed by atoms with Crippen molar-refractivity contribution >= 4 is 17.4 Å². The van der Waals surface area contributed by atoms with E-state index in [2.05, 4.69) is 9.98 Å². The zero-order chi connectivity index (χ0) is 8.43. The molecule has 4 heteroatoms. The summed E-state index contributed by atoms with van der Waals surface area (Å²) in [5.74, 6) is -0.902. The zero-order valence-electron chi connectivity index (χ0n) is 6.53. The molecule has 0 amide bonds. The van der Waals surface area contributed by atoms with Crippen molar-refractivity contribution < 1.29 is 9.90 Å². The molecule has 1 aliphatic rings. The summed E-state index contributed by atoms with van der Waals surface area (Å²) in [5, 5.41) is 8.57. The Labute approximate surface area is 64.7 Å². The molecule has 0 saturated heterocycles. The van der Waals surface area contributed by atoms with Crippen molar-refractivity contribution in [1.29, 1.82) is 0 Å². The van der Waals surface area contributed by atoms with Crippen molar-refractivity contribution in [2.75, 3.05) is 6.54 Å². The maximum atomic E-state index is 10.4. The van der Waals surface area contributed by atoms with E-state index in [0.717, 1.165) is 11.4 Å². The standard InChI is InChI=1S/C7H10N2O2/c1-4-5(2)9-6(3-8-4)7(10)11/h6H,3H2,1-2H3,(H,10,11)/t6-/m0/s1. The van der Waals surface area contributed by atoms with E-state index in [1.54, 1.807) is 6.92 Å². The molecule has 1 heterocycles. The quantitative estimate of drug-likeness (QED) is 0.593. The van der Waals surface area contributed by atoms with Crippen LogP contribution in [-0.4, -0.2) is 35.1 Å². The fourth-order valence-corrected chi connectivity index (χ4v) is 0.839. The highest BCUT2D eigenvalue weighted by Crippen LogP contribution is 2.01. The number of carboxylic acid groups (broad SMARTS) is 1. The largest absolute Gasteiger partial charge is 0.480 e. The van der Waals surface area contributed by atoms with Gasteiger partial charge in [-0.2, -0.15) is 0 Å². The van der Waals surface area contributed by atoms with Gasteiger partial charge in [0.1, 0.15) is 0 Å². The molecule has 0 aromatic heterocycles. The van der Waals surface area contributed by atoms with Gasteiger partial charge in [0, 0.05) is 0 Å². The first-order chi connectivity index (χ1) is 5.11. The van der Waals surface area contributed by atoms with Crippen LogP contribution in [0.5, 0.6) is 0 Å². The Morgan fingerprint density at radius 2 is 2.18 bits per heavy atom. The lowest BCUT2D eigenvalue weighted by atomic mass is 10.2. The third kappa shape index (κ3) is 1.63. The summed E-state index contributed by atoms with van der Waals surface area (Å²) in [5.41, 5.74) is 1.56. The highest BCUT2D eigenvalue weighted by molar-refractivity contribution is 6.41. The van der Waals surface area contributed by atoms with Crippen LogP contribution in [0, 0.1) is 0 Å². The number of carboxylic acids is 1. The van der Waals surface area contributed by atoms with Crippen LogP contribution in [0.15, 0.2) is 9.98 Å². The molecule has 11 heavy (non-hydrogen) atoms. The smallest absolute Gasteiger partial charge is 0.330 e. The van der Waals surface area contributed by atoms with Crippen molar-refractivity contribution in [3.05, 3.63) is 0 Å². The maximum Gasteiger partial charge on any atom is 0.330 e. The second-order valence-electron chi connectivity index (χ2n) is 2.49. The molecule has 0 unspecified atom stereocenters. The molecule has 0 aromatic rings. The summed E-state index contributed by atoms with van der Waals surface area (Å²) >= 11 is 0. The molecule has 0 aromatic carbocycles. The molecule has 0 radical (unpaired) electrons. The first-order valence-electron chi connectivity index (χ1n) is 3.40. The topological polar surface area (TPSA) is 62.0 Å². The van der Waals surface area contributed by atoms with Gasteiger partial charge in [-0.1, -0.05) is 0 Å². The Hall–Kier alpha value is -1.19. The van der Waals surface area contributed by atoms with Crippen molar-refractivity contribution in [3.63, 3.8) is 0 Å². The minimum Gasteiger partial charge on any atom is -0.480 e. The van der Waals surface area contributed by atoms with Gasteiger partial charge in [0.2, 0.25) is 0 Å². The number of nitrogens with zero attached hydrogens (tertiary/aromatic N) is 2. The number of hydrogen-bond donors (Lipinski definition) is 1. The molecule has 1 atom stereocenters. The second kappa shape index (κ2) is 2.82. The van der Waals surface area contributed by atoms with Gasteiger partial charge < -0.3 is 5.11 Å². The molecule has 60 valence electrons. The van der Waals surface area contributed by atoms with Crippen molar-refractivity contribution in [2.24, 2.45) is 9.98 Å². The summed E-state index contributed by atoms with van der Waals surface area (Å²) in [6, 6.07) is -0.668. The first kappa shape index (κ1) is 7.91. The van der Waals surface area contributed by atoms with Crippen LogP contribution in [0.4, 0.5) is 0 Å². The Kier molecular flexibility index (Phi) is 2.03. The van der Waals surface area contributed by atoms with Crippen molar-refractivity contribution in [1.82, 2.24) is 0 Å². The molecular formula is C7H10N2O2. The van der Waals surface area contributed by atoms with E-state index < -0.39 is 12.0 Å². The molecule has 1 N–H and O–H groups in total. The number of aliphatic carboxylic acids is 1.